The van der Waals surface area contributed by atoms with Gasteiger partial charge in [0.15, 0.2) is 0 Å². The Kier molecular flexibility index (Phi) is 4.85. The molecule has 0 saturated carbocycles. The number of carbonyl (C=O) groups excluding carboxylic acids is 1. The first-order chi connectivity index (χ1) is 13.7. The molecule has 1 amide bonds. The second kappa shape index (κ2) is 7.60. The van der Waals surface area contributed by atoms with Gasteiger partial charge in [-0.05, 0) is 29.8 Å². The van der Waals surface area contributed by atoms with Gasteiger partial charge in [0.2, 0.25) is 0 Å². The number of hydrogen-bond acceptors (Lipinski definition) is 3. The van der Waals surface area contributed by atoms with Gasteiger partial charge in [0.05, 0.1) is 19.5 Å². The summed E-state index contributed by atoms with van der Waals surface area (Å²) in [7, 11) is 3.54. The van der Waals surface area contributed by atoms with Gasteiger partial charge in [-0.3, -0.25) is 4.79 Å². The van der Waals surface area contributed by atoms with E-state index < -0.39 is 0 Å². The lowest BCUT2D eigenvalue weighted by molar-refractivity contribution is 0.0925. The van der Waals surface area contributed by atoms with Crippen molar-refractivity contribution in [3.05, 3.63) is 84.6 Å². The van der Waals surface area contributed by atoms with Gasteiger partial charge in [-0.15, -0.1) is 0 Å². The van der Waals surface area contributed by atoms with E-state index in [0.717, 1.165) is 22.2 Å². The Balaban J connectivity index is 1.64. The number of benzene rings is 2. The number of ether oxygens (including phenoxy) is 1. The summed E-state index contributed by atoms with van der Waals surface area (Å²) < 4.78 is 9.16. The molecule has 0 saturated heterocycles. The van der Waals surface area contributed by atoms with E-state index in [0.29, 0.717) is 12.2 Å². The van der Waals surface area contributed by atoms with Crippen LogP contribution in [0, 0.1) is 0 Å². The lowest BCUT2D eigenvalue weighted by Crippen LogP contribution is -2.32. The van der Waals surface area contributed by atoms with Gasteiger partial charge in [0, 0.05) is 36.9 Å². The normalized spacial score (nSPS) is 12.1. The number of carbonyl (C=O) groups is 1. The van der Waals surface area contributed by atoms with Crippen LogP contribution in [0.4, 0.5) is 0 Å². The third kappa shape index (κ3) is 3.49. The maximum atomic E-state index is 13.1. The molecule has 0 bridgehead atoms. The van der Waals surface area contributed by atoms with Crippen molar-refractivity contribution < 1.29 is 9.53 Å². The highest BCUT2D eigenvalue weighted by atomic mass is 16.5. The number of fused-ring (bicyclic) bond motifs is 1. The minimum atomic E-state index is -0.171. The van der Waals surface area contributed by atoms with Crippen LogP contribution in [-0.2, 0) is 13.6 Å². The molecule has 4 aromatic rings. The number of nitrogens with one attached hydrogen (secondary N) is 1. The molecule has 0 spiro atoms. The van der Waals surface area contributed by atoms with Gasteiger partial charge >= 0.3 is 0 Å². The second-order valence-corrected chi connectivity index (χ2v) is 6.71. The van der Waals surface area contributed by atoms with E-state index in [1.54, 1.807) is 19.6 Å². The van der Waals surface area contributed by atoms with E-state index in [1.807, 2.05) is 77.0 Å². The molecule has 142 valence electrons. The summed E-state index contributed by atoms with van der Waals surface area (Å²) in [4.78, 5) is 17.2. The second-order valence-electron chi connectivity index (χ2n) is 6.71. The van der Waals surface area contributed by atoms with Gasteiger partial charge in [0.25, 0.3) is 5.91 Å². The predicted molar refractivity (Wildman–Crippen MR) is 108 cm³/mol. The van der Waals surface area contributed by atoms with Crippen LogP contribution in [0.15, 0.2) is 73.3 Å². The summed E-state index contributed by atoms with van der Waals surface area (Å²) in [5.74, 6) is 0.652. The van der Waals surface area contributed by atoms with E-state index in [9.17, 15) is 4.79 Å². The summed E-state index contributed by atoms with van der Waals surface area (Å²) in [5.41, 5.74) is 2.64. The zero-order valence-electron chi connectivity index (χ0n) is 15.9. The number of imidazole rings is 1. The molecule has 1 atom stereocenters. The Bertz CT molecular complexity index is 1080. The summed E-state index contributed by atoms with van der Waals surface area (Å²) >= 11 is 0. The highest BCUT2D eigenvalue weighted by Crippen LogP contribution is 2.24. The Morgan fingerprint density at radius 1 is 1.18 bits per heavy atom. The fourth-order valence-corrected chi connectivity index (χ4v) is 3.43. The smallest absolute Gasteiger partial charge is 0.268 e. The molecule has 2 aromatic heterocycles. The number of aryl methyl sites for hydroxylation is 1. The number of amides is 1. The van der Waals surface area contributed by atoms with Gasteiger partial charge in [0.1, 0.15) is 11.4 Å². The van der Waals surface area contributed by atoms with E-state index in [1.165, 1.54) is 0 Å². The summed E-state index contributed by atoms with van der Waals surface area (Å²) in [6.07, 6.45) is 5.39. The van der Waals surface area contributed by atoms with Crippen LogP contribution in [0.3, 0.4) is 0 Å². The summed E-state index contributed by atoms with van der Waals surface area (Å²) in [6, 6.07) is 17.5. The van der Waals surface area contributed by atoms with Crippen LogP contribution in [0.5, 0.6) is 5.75 Å². The first kappa shape index (κ1) is 17.9. The number of nitrogens with zero attached hydrogens (tertiary/aromatic N) is 3. The number of methoxy groups -OCH3 is 1. The minimum Gasteiger partial charge on any atom is -0.497 e. The molecule has 6 heteroatoms. The molecule has 0 aliphatic rings. The maximum Gasteiger partial charge on any atom is 0.268 e. The van der Waals surface area contributed by atoms with Crippen LogP contribution >= 0.6 is 0 Å². The topological polar surface area (TPSA) is 61.1 Å². The van der Waals surface area contributed by atoms with Crippen molar-refractivity contribution in [2.45, 2.75) is 12.6 Å². The molecule has 2 heterocycles. The third-order valence-corrected chi connectivity index (χ3v) is 4.94. The van der Waals surface area contributed by atoms with Crippen LogP contribution in [0.1, 0.15) is 22.1 Å². The summed E-state index contributed by atoms with van der Waals surface area (Å²) in [5, 5.41) is 4.15. The van der Waals surface area contributed by atoms with Crippen LogP contribution in [-0.4, -0.2) is 27.1 Å². The number of hydrogen-bond donors (Lipinski definition) is 1. The lowest BCUT2D eigenvalue weighted by Gasteiger charge is -2.20. The van der Waals surface area contributed by atoms with Crippen molar-refractivity contribution in [3.8, 4) is 5.75 Å². The summed E-state index contributed by atoms with van der Waals surface area (Å²) in [6.45, 7) is 0.605. The molecule has 0 aliphatic heterocycles. The third-order valence-electron chi connectivity index (χ3n) is 4.94. The predicted octanol–water partition coefficient (Wildman–Crippen LogP) is 3.55. The molecule has 4 rings (SSSR count). The Morgan fingerprint density at radius 2 is 2.00 bits per heavy atom. The molecule has 1 N–H and O–H groups in total. The van der Waals surface area contributed by atoms with E-state index >= 15 is 0 Å². The van der Waals surface area contributed by atoms with Crippen LogP contribution < -0.4 is 10.1 Å². The van der Waals surface area contributed by atoms with Crippen molar-refractivity contribution >= 4 is 16.8 Å². The van der Waals surface area contributed by atoms with Gasteiger partial charge in [-0.2, -0.15) is 0 Å². The zero-order chi connectivity index (χ0) is 19.5. The highest BCUT2D eigenvalue weighted by Gasteiger charge is 2.19. The highest BCUT2D eigenvalue weighted by molar-refractivity contribution is 5.99. The standard InChI is InChI=1S/C22H22N4O2/c1-25-20-9-8-18(28-2)12-17(20)13-21(25)22(27)24-19(14-26-11-10-23-15-26)16-6-4-3-5-7-16/h3-13,15,19H,14H2,1-2H3,(H,24,27)/t19-/m0/s1. The Labute approximate surface area is 163 Å². The first-order valence-corrected chi connectivity index (χ1v) is 9.10. The zero-order valence-corrected chi connectivity index (χ0v) is 15.9. The van der Waals surface area contributed by atoms with Gasteiger partial charge < -0.3 is 19.2 Å². The minimum absolute atomic E-state index is 0.119. The molecule has 0 aliphatic carbocycles. The SMILES string of the molecule is COc1ccc2c(c1)cc(C(=O)N[C@@H](Cn1ccnc1)c1ccccc1)n2C. The molecule has 2 aromatic carbocycles. The molecular formula is C22H22N4O2. The van der Waals surface area contributed by atoms with Crippen LogP contribution in [0.2, 0.25) is 0 Å². The lowest BCUT2D eigenvalue weighted by atomic mass is 10.1. The molecular weight excluding hydrogens is 352 g/mol. The van der Waals surface area contributed by atoms with Crippen molar-refractivity contribution in [1.82, 2.24) is 19.4 Å². The van der Waals surface area contributed by atoms with E-state index in [-0.39, 0.29) is 11.9 Å². The maximum absolute atomic E-state index is 13.1. The average Bonchev–Trinajstić information content (AvgIpc) is 3.35. The number of aromatic nitrogens is 3. The van der Waals surface area contributed by atoms with Crippen LogP contribution in [0.25, 0.3) is 10.9 Å². The molecule has 0 fully saturated rings. The Morgan fingerprint density at radius 3 is 2.71 bits per heavy atom. The van der Waals surface area contributed by atoms with Crippen molar-refractivity contribution in [2.24, 2.45) is 7.05 Å². The van der Waals surface area contributed by atoms with E-state index in [2.05, 4.69) is 10.3 Å². The van der Waals surface area contributed by atoms with E-state index in [4.69, 9.17) is 4.74 Å². The van der Waals surface area contributed by atoms with Crippen molar-refractivity contribution in [3.63, 3.8) is 0 Å². The van der Waals surface area contributed by atoms with Crippen molar-refractivity contribution in [2.75, 3.05) is 7.11 Å². The molecule has 0 unspecified atom stereocenters. The largest absolute Gasteiger partial charge is 0.497 e. The number of rotatable bonds is 6. The Hall–Kier alpha value is -3.54. The van der Waals surface area contributed by atoms with Crippen molar-refractivity contribution in [1.29, 1.82) is 0 Å². The molecule has 28 heavy (non-hydrogen) atoms. The quantitative estimate of drug-likeness (QED) is 0.561. The first-order valence-electron chi connectivity index (χ1n) is 9.10. The average molecular weight is 374 g/mol. The fraction of sp³-hybridized carbons (Fsp3) is 0.182. The fourth-order valence-electron chi connectivity index (χ4n) is 3.43. The molecule has 6 nitrogen and oxygen atoms in total. The van der Waals surface area contributed by atoms with Gasteiger partial charge in [-0.1, -0.05) is 30.3 Å². The monoisotopic (exact) mass is 374 g/mol. The van der Waals surface area contributed by atoms with Gasteiger partial charge in [-0.25, -0.2) is 4.98 Å². The molecule has 0 radical (unpaired) electrons.